The van der Waals surface area contributed by atoms with Crippen LogP contribution < -0.4 is 14.8 Å². The Labute approximate surface area is 192 Å². The molecule has 0 fully saturated rings. The average molecular weight is 475 g/mol. The minimum absolute atomic E-state index is 0.0654. The van der Waals surface area contributed by atoms with Crippen LogP contribution in [0.4, 0.5) is 5.69 Å². The second-order valence-electron chi connectivity index (χ2n) is 6.79. The van der Waals surface area contributed by atoms with Crippen molar-refractivity contribution in [3.8, 4) is 11.5 Å². The molecule has 0 heterocycles. The van der Waals surface area contributed by atoms with E-state index in [-0.39, 0.29) is 11.4 Å². The fourth-order valence-corrected chi connectivity index (χ4v) is 4.63. The van der Waals surface area contributed by atoms with Gasteiger partial charge in [0, 0.05) is 17.6 Å². The molecule has 168 valence electrons. The fourth-order valence-electron chi connectivity index (χ4n) is 3.04. The maximum atomic E-state index is 13.3. The largest absolute Gasteiger partial charge is 0.497 e. The maximum absolute atomic E-state index is 13.3. The van der Waals surface area contributed by atoms with Crippen LogP contribution in [0.5, 0.6) is 11.5 Å². The molecule has 7 nitrogen and oxygen atoms in total. The lowest BCUT2D eigenvalue weighted by Gasteiger charge is -2.23. The van der Waals surface area contributed by atoms with Crippen LogP contribution in [0.3, 0.4) is 0 Å². The SMILES string of the molecule is COc1ccc(NC(=O)CN(Cc2ccccc2Cl)S(=O)(=O)c2ccccc2)c(OC)c1. The van der Waals surface area contributed by atoms with Crippen molar-refractivity contribution < 1.29 is 22.7 Å². The van der Waals surface area contributed by atoms with Gasteiger partial charge in [0.2, 0.25) is 15.9 Å². The number of rotatable bonds is 9. The number of ether oxygens (including phenoxy) is 2. The van der Waals surface area contributed by atoms with Gasteiger partial charge in [-0.2, -0.15) is 4.31 Å². The Kier molecular flexibility index (Phi) is 7.74. The standard InChI is InChI=1S/C23H23ClN2O5S/c1-30-18-12-13-21(22(14-18)31-2)25-23(27)16-26(15-17-8-6-7-11-20(17)24)32(28,29)19-9-4-3-5-10-19/h3-14H,15-16H2,1-2H3,(H,25,27). The minimum atomic E-state index is -3.97. The highest BCUT2D eigenvalue weighted by atomic mass is 35.5. The van der Waals surface area contributed by atoms with Crippen molar-refractivity contribution in [2.45, 2.75) is 11.4 Å². The Morgan fingerprint density at radius 2 is 1.66 bits per heavy atom. The second-order valence-corrected chi connectivity index (χ2v) is 9.14. The number of amides is 1. The smallest absolute Gasteiger partial charge is 0.243 e. The van der Waals surface area contributed by atoms with Crippen molar-refractivity contribution >= 4 is 33.2 Å². The van der Waals surface area contributed by atoms with Crippen LogP contribution in [0.2, 0.25) is 5.02 Å². The number of benzene rings is 3. The lowest BCUT2D eigenvalue weighted by Crippen LogP contribution is -2.37. The van der Waals surface area contributed by atoms with Gasteiger partial charge in [0.15, 0.2) is 0 Å². The van der Waals surface area contributed by atoms with Gasteiger partial charge in [0.25, 0.3) is 0 Å². The minimum Gasteiger partial charge on any atom is -0.497 e. The van der Waals surface area contributed by atoms with Gasteiger partial charge in [-0.25, -0.2) is 8.42 Å². The molecule has 32 heavy (non-hydrogen) atoms. The molecule has 3 rings (SSSR count). The Balaban J connectivity index is 1.89. The summed E-state index contributed by atoms with van der Waals surface area (Å²) in [6, 6.07) is 19.8. The van der Waals surface area contributed by atoms with Gasteiger partial charge in [-0.1, -0.05) is 48.0 Å². The third kappa shape index (κ3) is 5.59. The van der Waals surface area contributed by atoms with Crippen molar-refractivity contribution in [3.05, 3.63) is 83.4 Å². The number of hydrogen-bond acceptors (Lipinski definition) is 5. The monoisotopic (exact) mass is 474 g/mol. The fraction of sp³-hybridized carbons (Fsp3) is 0.174. The molecule has 0 aliphatic carbocycles. The summed E-state index contributed by atoms with van der Waals surface area (Å²) in [6.45, 7) is -0.484. The molecule has 0 spiro atoms. The number of sulfonamides is 1. The van der Waals surface area contributed by atoms with E-state index in [1.165, 1.54) is 26.4 Å². The lowest BCUT2D eigenvalue weighted by molar-refractivity contribution is -0.116. The summed E-state index contributed by atoms with van der Waals surface area (Å²) >= 11 is 6.25. The molecule has 1 amide bonds. The zero-order chi connectivity index (χ0) is 23.1. The van der Waals surface area contributed by atoms with Crippen LogP contribution >= 0.6 is 11.6 Å². The third-order valence-electron chi connectivity index (χ3n) is 4.69. The summed E-state index contributed by atoms with van der Waals surface area (Å²) in [6.07, 6.45) is 0. The summed E-state index contributed by atoms with van der Waals surface area (Å²) < 4.78 is 38.2. The summed E-state index contributed by atoms with van der Waals surface area (Å²) in [4.78, 5) is 12.9. The van der Waals surface area contributed by atoms with Crippen LogP contribution in [0.1, 0.15) is 5.56 Å². The highest BCUT2D eigenvalue weighted by Crippen LogP contribution is 2.29. The Hall–Kier alpha value is -3.07. The molecule has 0 aliphatic rings. The summed E-state index contributed by atoms with van der Waals surface area (Å²) in [5.74, 6) is 0.424. The number of hydrogen-bond donors (Lipinski definition) is 1. The predicted octanol–water partition coefficient (Wildman–Crippen LogP) is 4.19. The van der Waals surface area contributed by atoms with Crippen molar-refractivity contribution in [3.63, 3.8) is 0 Å². The van der Waals surface area contributed by atoms with E-state index in [9.17, 15) is 13.2 Å². The van der Waals surface area contributed by atoms with E-state index >= 15 is 0 Å². The highest BCUT2D eigenvalue weighted by molar-refractivity contribution is 7.89. The van der Waals surface area contributed by atoms with Gasteiger partial charge in [0.1, 0.15) is 11.5 Å². The first-order valence-electron chi connectivity index (χ1n) is 9.65. The van der Waals surface area contributed by atoms with Gasteiger partial charge in [-0.3, -0.25) is 4.79 Å². The Morgan fingerprint density at radius 1 is 0.969 bits per heavy atom. The van der Waals surface area contributed by atoms with Crippen LogP contribution in [0, 0.1) is 0 Å². The number of anilines is 1. The van der Waals surface area contributed by atoms with E-state index in [0.29, 0.717) is 27.8 Å². The molecule has 9 heteroatoms. The molecule has 0 saturated carbocycles. The van der Waals surface area contributed by atoms with Gasteiger partial charge in [-0.05, 0) is 35.9 Å². The summed E-state index contributed by atoms with van der Waals surface area (Å²) in [5, 5.41) is 3.12. The molecule has 1 N–H and O–H groups in total. The van der Waals surface area contributed by atoms with E-state index in [1.54, 1.807) is 60.7 Å². The van der Waals surface area contributed by atoms with Gasteiger partial charge >= 0.3 is 0 Å². The zero-order valence-electron chi connectivity index (χ0n) is 17.6. The molecule has 0 atom stereocenters. The van der Waals surface area contributed by atoms with E-state index in [1.807, 2.05) is 0 Å². The third-order valence-corrected chi connectivity index (χ3v) is 6.86. The molecule has 0 saturated heterocycles. The Bertz CT molecular complexity index is 1190. The molecular formula is C23H23ClN2O5S. The van der Waals surface area contributed by atoms with Crippen LogP contribution in [0.25, 0.3) is 0 Å². The first-order valence-corrected chi connectivity index (χ1v) is 11.5. The van der Waals surface area contributed by atoms with E-state index in [2.05, 4.69) is 5.32 Å². The number of nitrogens with one attached hydrogen (secondary N) is 1. The number of carbonyl (C=O) groups is 1. The number of nitrogens with zero attached hydrogens (tertiary/aromatic N) is 1. The lowest BCUT2D eigenvalue weighted by atomic mass is 10.2. The van der Waals surface area contributed by atoms with Crippen molar-refractivity contribution in [1.82, 2.24) is 4.31 Å². The number of methoxy groups -OCH3 is 2. The molecule has 0 aromatic heterocycles. The van der Waals surface area contributed by atoms with Gasteiger partial charge in [-0.15, -0.1) is 0 Å². The topological polar surface area (TPSA) is 84.9 Å². The van der Waals surface area contributed by atoms with E-state index < -0.39 is 22.5 Å². The summed E-state index contributed by atoms with van der Waals surface area (Å²) in [5.41, 5.74) is 0.983. The second kappa shape index (κ2) is 10.5. The van der Waals surface area contributed by atoms with Crippen molar-refractivity contribution in [2.24, 2.45) is 0 Å². The molecule has 0 aliphatic heterocycles. The molecular weight excluding hydrogens is 452 g/mol. The number of carbonyl (C=O) groups excluding carboxylic acids is 1. The first kappa shape index (κ1) is 23.6. The van der Waals surface area contributed by atoms with Crippen molar-refractivity contribution in [2.75, 3.05) is 26.1 Å². The average Bonchev–Trinajstić information content (AvgIpc) is 2.80. The quantitative estimate of drug-likeness (QED) is 0.502. The highest BCUT2D eigenvalue weighted by Gasteiger charge is 2.27. The first-order chi connectivity index (χ1) is 15.3. The van der Waals surface area contributed by atoms with Crippen LogP contribution in [-0.2, 0) is 21.4 Å². The van der Waals surface area contributed by atoms with Crippen molar-refractivity contribution in [1.29, 1.82) is 0 Å². The summed E-state index contributed by atoms with van der Waals surface area (Å²) in [7, 11) is -0.979. The molecule has 0 bridgehead atoms. The van der Waals surface area contributed by atoms with Gasteiger partial charge < -0.3 is 14.8 Å². The van der Waals surface area contributed by atoms with Gasteiger partial charge in [0.05, 0.1) is 31.3 Å². The predicted molar refractivity (Wildman–Crippen MR) is 124 cm³/mol. The van der Waals surface area contributed by atoms with E-state index in [0.717, 1.165) is 4.31 Å². The molecule has 3 aromatic rings. The van der Waals surface area contributed by atoms with Crippen LogP contribution in [-0.4, -0.2) is 39.4 Å². The number of halogens is 1. The molecule has 3 aromatic carbocycles. The van der Waals surface area contributed by atoms with E-state index in [4.69, 9.17) is 21.1 Å². The Morgan fingerprint density at radius 3 is 2.31 bits per heavy atom. The molecule has 0 unspecified atom stereocenters. The molecule has 0 radical (unpaired) electrons. The zero-order valence-corrected chi connectivity index (χ0v) is 19.2. The van der Waals surface area contributed by atoms with Crippen LogP contribution in [0.15, 0.2) is 77.7 Å². The maximum Gasteiger partial charge on any atom is 0.243 e. The normalized spacial score (nSPS) is 11.2.